The van der Waals surface area contributed by atoms with Gasteiger partial charge in [0.15, 0.2) is 9.84 Å². The molecule has 0 atom stereocenters. The highest BCUT2D eigenvalue weighted by Crippen LogP contribution is 2.24. The van der Waals surface area contributed by atoms with Crippen LogP contribution in [0.2, 0.25) is 0 Å². The summed E-state index contributed by atoms with van der Waals surface area (Å²) in [6.07, 6.45) is 3.66. The number of unbranched alkanes of at least 4 members (excludes halogenated alkanes) is 3. The molecule has 0 saturated carbocycles. The third kappa shape index (κ3) is 8.94. The van der Waals surface area contributed by atoms with E-state index >= 15 is 0 Å². The first kappa shape index (κ1) is 27.0. The molecule has 8 nitrogen and oxygen atoms in total. The molecule has 0 aliphatic carbocycles. The predicted octanol–water partition coefficient (Wildman–Crippen LogP) is 5.74. The summed E-state index contributed by atoms with van der Waals surface area (Å²) in [5, 5.41) is 16.9. The van der Waals surface area contributed by atoms with Gasteiger partial charge >= 0.3 is 5.97 Å². The minimum Gasteiger partial charge on any atom is -0.465 e. The number of benzene rings is 2. The highest BCUT2D eigenvalue weighted by atomic mass is 32.2. The van der Waals surface area contributed by atoms with Gasteiger partial charge in [-0.15, -0.1) is 0 Å². The van der Waals surface area contributed by atoms with Gasteiger partial charge in [0.05, 0.1) is 34.7 Å². The van der Waals surface area contributed by atoms with Crippen molar-refractivity contribution < 1.29 is 17.9 Å². The van der Waals surface area contributed by atoms with Crippen molar-refractivity contribution in [1.82, 2.24) is 0 Å². The molecule has 2 aromatic rings. The number of azo groups is 1. The van der Waals surface area contributed by atoms with Crippen molar-refractivity contribution in [2.24, 2.45) is 10.2 Å². The van der Waals surface area contributed by atoms with E-state index in [1.165, 1.54) is 0 Å². The van der Waals surface area contributed by atoms with Gasteiger partial charge in [-0.2, -0.15) is 15.5 Å². The highest BCUT2D eigenvalue weighted by molar-refractivity contribution is 7.91. The third-order valence-corrected chi connectivity index (χ3v) is 7.01. The summed E-state index contributed by atoms with van der Waals surface area (Å²) >= 11 is 0. The maximum atomic E-state index is 11.9. The minimum absolute atomic E-state index is 0.0658. The molecule has 0 aromatic heterocycles. The Bertz CT molecular complexity index is 1080. The second-order valence-electron chi connectivity index (χ2n) is 7.66. The molecule has 9 heteroatoms. The van der Waals surface area contributed by atoms with Crippen LogP contribution in [0.4, 0.5) is 17.1 Å². The molecule has 0 radical (unpaired) electrons. The number of rotatable bonds is 14. The first-order valence-electron chi connectivity index (χ1n) is 11.5. The molecule has 0 aliphatic rings. The third-order valence-electron chi connectivity index (χ3n) is 5.26. The Balaban J connectivity index is 1.79. The lowest BCUT2D eigenvalue weighted by Gasteiger charge is -2.23. The van der Waals surface area contributed by atoms with Crippen molar-refractivity contribution in [2.45, 2.75) is 50.8 Å². The zero-order valence-corrected chi connectivity index (χ0v) is 20.6. The van der Waals surface area contributed by atoms with Crippen LogP contribution in [0.3, 0.4) is 0 Å². The molecule has 0 aliphatic heterocycles. The second kappa shape index (κ2) is 14.1. The molecule has 2 aromatic carbocycles. The van der Waals surface area contributed by atoms with E-state index in [-0.39, 0.29) is 17.1 Å². The molecule has 182 valence electrons. The monoisotopic (exact) mass is 484 g/mol. The van der Waals surface area contributed by atoms with Gasteiger partial charge in [-0.1, -0.05) is 13.3 Å². The average Bonchev–Trinajstić information content (AvgIpc) is 2.85. The quantitative estimate of drug-likeness (QED) is 0.192. The van der Waals surface area contributed by atoms with Crippen LogP contribution in [0.15, 0.2) is 63.7 Å². The zero-order chi connectivity index (χ0) is 24.8. The summed E-state index contributed by atoms with van der Waals surface area (Å²) in [7, 11) is -3.22. The van der Waals surface area contributed by atoms with Crippen LogP contribution in [-0.4, -0.2) is 39.8 Å². The van der Waals surface area contributed by atoms with Crippen LogP contribution in [0.1, 0.15) is 46.0 Å². The number of nitrogens with zero attached hydrogens (tertiary/aromatic N) is 4. The fraction of sp³-hybridized carbons (Fsp3) is 0.440. The van der Waals surface area contributed by atoms with Gasteiger partial charge in [0, 0.05) is 18.8 Å². The van der Waals surface area contributed by atoms with E-state index in [2.05, 4.69) is 22.1 Å². The van der Waals surface area contributed by atoms with Crippen molar-refractivity contribution in [3.8, 4) is 6.07 Å². The van der Waals surface area contributed by atoms with Gasteiger partial charge in [0.2, 0.25) is 0 Å². The molecule has 0 spiro atoms. The Morgan fingerprint density at radius 1 is 0.941 bits per heavy atom. The first-order chi connectivity index (χ1) is 16.4. The Labute approximate surface area is 202 Å². The van der Waals surface area contributed by atoms with E-state index in [0.29, 0.717) is 12.3 Å². The summed E-state index contributed by atoms with van der Waals surface area (Å²) in [5.74, 6) is -0.390. The van der Waals surface area contributed by atoms with Gasteiger partial charge in [-0.25, -0.2) is 8.42 Å². The van der Waals surface area contributed by atoms with Gasteiger partial charge < -0.3 is 9.64 Å². The molecule has 0 unspecified atom stereocenters. The number of carbonyl (C=O) groups is 1. The molecule has 0 amide bonds. The van der Waals surface area contributed by atoms with Gasteiger partial charge in [-0.05, 0) is 74.7 Å². The Hall–Kier alpha value is -3.25. The van der Waals surface area contributed by atoms with Crippen molar-refractivity contribution in [3.63, 3.8) is 0 Å². The number of anilines is 1. The fourth-order valence-corrected chi connectivity index (χ4v) is 4.15. The zero-order valence-electron chi connectivity index (χ0n) is 19.8. The van der Waals surface area contributed by atoms with Crippen molar-refractivity contribution in [1.29, 1.82) is 5.26 Å². The number of nitriles is 1. The number of esters is 1. The Morgan fingerprint density at radius 2 is 1.53 bits per heavy atom. The van der Waals surface area contributed by atoms with Gasteiger partial charge in [0.1, 0.15) is 6.42 Å². The largest absolute Gasteiger partial charge is 0.465 e. The van der Waals surface area contributed by atoms with E-state index in [9.17, 15) is 13.2 Å². The maximum Gasteiger partial charge on any atom is 0.320 e. The SMILES string of the molecule is CCN(CCCCCCOC(=O)CC#N)c1ccc(N=Nc2ccc(S(=O)(=O)CC)cc2)cc1. The van der Waals surface area contributed by atoms with Crippen molar-refractivity contribution >= 4 is 32.9 Å². The van der Waals surface area contributed by atoms with Crippen LogP contribution in [0.5, 0.6) is 0 Å². The number of sulfone groups is 1. The second-order valence-corrected chi connectivity index (χ2v) is 9.94. The van der Waals surface area contributed by atoms with Crippen LogP contribution in [-0.2, 0) is 19.4 Å². The van der Waals surface area contributed by atoms with Crippen molar-refractivity contribution in [2.75, 3.05) is 30.3 Å². The summed E-state index contributed by atoms with van der Waals surface area (Å²) < 4.78 is 28.7. The lowest BCUT2D eigenvalue weighted by molar-refractivity contribution is -0.142. The number of hydrogen-bond donors (Lipinski definition) is 0. The number of ether oxygens (including phenoxy) is 1. The van der Waals surface area contributed by atoms with Crippen LogP contribution in [0, 0.1) is 11.3 Å². The van der Waals surface area contributed by atoms with Gasteiger partial charge in [-0.3, -0.25) is 4.79 Å². The molecule has 34 heavy (non-hydrogen) atoms. The van der Waals surface area contributed by atoms with Gasteiger partial charge in [0.25, 0.3) is 0 Å². The molecular weight excluding hydrogens is 452 g/mol. The lowest BCUT2D eigenvalue weighted by Crippen LogP contribution is -2.23. The lowest BCUT2D eigenvalue weighted by atomic mass is 10.2. The van der Waals surface area contributed by atoms with Crippen LogP contribution in [0.25, 0.3) is 0 Å². The fourth-order valence-electron chi connectivity index (χ4n) is 3.26. The Morgan fingerprint density at radius 3 is 2.09 bits per heavy atom. The molecule has 0 fully saturated rings. The van der Waals surface area contributed by atoms with E-state index in [1.54, 1.807) is 37.3 Å². The molecule has 0 heterocycles. The van der Waals surface area contributed by atoms with E-state index in [0.717, 1.165) is 50.1 Å². The molecule has 0 bridgehead atoms. The van der Waals surface area contributed by atoms with Crippen LogP contribution < -0.4 is 4.90 Å². The smallest absolute Gasteiger partial charge is 0.320 e. The Kier molecular flexibility index (Phi) is 11.2. The normalized spacial score (nSPS) is 11.3. The summed E-state index contributed by atoms with van der Waals surface area (Å²) in [6.45, 7) is 5.92. The summed E-state index contributed by atoms with van der Waals surface area (Å²) in [4.78, 5) is 13.7. The van der Waals surface area contributed by atoms with Crippen LogP contribution >= 0.6 is 0 Å². The van der Waals surface area contributed by atoms with E-state index < -0.39 is 15.8 Å². The van der Waals surface area contributed by atoms with E-state index in [4.69, 9.17) is 10.00 Å². The summed E-state index contributed by atoms with van der Waals surface area (Å²) in [6, 6.07) is 16.0. The van der Waals surface area contributed by atoms with E-state index in [1.807, 2.05) is 24.3 Å². The minimum atomic E-state index is -3.22. The predicted molar refractivity (Wildman–Crippen MR) is 132 cm³/mol. The molecule has 0 N–H and O–H groups in total. The summed E-state index contributed by atoms with van der Waals surface area (Å²) in [5.41, 5.74) is 2.42. The molecule has 0 saturated heterocycles. The highest BCUT2D eigenvalue weighted by Gasteiger charge is 2.10. The average molecular weight is 485 g/mol. The maximum absolute atomic E-state index is 11.9. The standard InChI is InChI=1S/C25H32N4O4S/c1-3-29(19-7-5-6-8-20-33-25(30)17-18-26)23-13-9-21(10-14-23)27-28-22-11-15-24(16-12-22)34(31,32)4-2/h9-16H,3-8,17,19-20H2,1-2H3. The molecule has 2 rings (SSSR count). The van der Waals surface area contributed by atoms with Crippen molar-refractivity contribution in [3.05, 3.63) is 48.5 Å². The number of carbonyl (C=O) groups excluding carboxylic acids is 1. The molecular formula is C25H32N4O4S. The first-order valence-corrected chi connectivity index (χ1v) is 13.2. The topological polar surface area (TPSA) is 112 Å². The number of hydrogen-bond acceptors (Lipinski definition) is 8.